The molecule has 1 aromatic carbocycles. The van der Waals surface area contributed by atoms with E-state index in [1.807, 2.05) is 0 Å². The highest BCUT2D eigenvalue weighted by molar-refractivity contribution is 6.23. The van der Waals surface area contributed by atoms with Crippen LogP contribution in [0.3, 0.4) is 0 Å². The topological polar surface area (TPSA) is 46.6 Å². The van der Waals surface area contributed by atoms with Gasteiger partial charge in [0.1, 0.15) is 0 Å². The molecule has 4 rings (SSSR count). The fourth-order valence-corrected chi connectivity index (χ4v) is 3.73. The van der Waals surface area contributed by atoms with E-state index in [4.69, 9.17) is 4.74 Å². The number of anilines is 1. The number of alkyl halides is 3. The van der Waals surface area contributed by atoms with E-state index in [0.29, 0.717) is 0 Å². The van der Waals surface area contributed by atoms with E-state index in [-0.39, 0.29) is 5.69 Å². The van der Waals surface area contributed by atoms with E-state index >= 15 is 0 Å². The SMILES string of the molecule is C[C@@]12C=C[C@@H](O1)[C@H]1C(=O)N(c3cccc(C(F)(F)F)c3)C(=O)[C@@H]12. The number of hydrogen-bond donors (Lipinski definition) is 0. The molecule has 3 aliphatic rings. The third-order valence-electron chi connectivity index (χ3n) is 4.76. The molecule has 1 aromatic rings. The average molecular weight is 323 g/mol. The second-order valence-corrected chi connectivity index (χ2v) is 6.19. The second-order valence-electron chi connectivity index (χ2n) is 6.19. The van der Waals surface area contributed by atoms with Crippen LogP contribution in [0, 0.1) is 11.8 Å². The predicted octanol–water partition coefficient (Wildman–Crippen LogP) is 2.54. The van der Waals surface area contributed by atoms with E-state index in [1.54, 1.807) is 19.1 Å². The third-order valence-corrected chi connectivity index (χ3v) is 4.76. The van der Waals surface area contributed by atoms with E-state index in [2.05, 4.69) is 0 Å². The monoisotopic (exact) mass is 323 g/mol. The van der Waals surface area contributed by atoms with Gasteiger partial charge in [-0.25, -0.2) is 4.90 Å². The molecule has 0 aliphatic carbocycles. The van der Waals surface area contributed by atoms with E-state index in [0.717, 1.165) is 17.0 Å². The van der Waals surface area contributed by atoms with Crippen molar-refractivity contribution in [3.63, 3.8) is 0 Å². The normalized spacial score (nSPS) is 35.3. The highest BCUT2D eigenvalue weighted by Gasteiger charge is 2.66. The van der Waals surface area contributed by atoms with Crippen LogP contribution < -0.4 is 4.90 Å². The van der Waals surface area contributed by atoms with Crippen molar-refractivity contribution in [2.75, 3.05) is 4.90 Å². The van der Waals surface area contributed by atoms with E-state index in [1.165, 1.54) is 12.1 Å². The number of amides is 2. The molecule has 0 aromatic heterocycles. The first kappa shape index (κ1) is 14.4. The molecule has 3 heterocycles. The first-order valence-corrected chi connectivity index (χ1v) is 7.15. The molecule has 4 atom stereocenters. The standard InChI is InChI=1S/C16H12F3NO3/c1-15-6-5-10(23-15)11-12(15)14(22)20(13(11)21)9-4-2-3-8(7-9)16(17,18)19/h2-7,10-12H,1H3/t10-,11-,12-,15+/m1/s1. The quantitative estimate of drug-likeness (QED) is 0.589. The number of fused-ring (bicyclic) bond motifs is 5. The highest BCUT2D eigenvalue weighted by atomic mass is 19.4. The minimum atomic E-state index is -4.53. The van der Waals surface area contributed by atoms with Crippen molar-refractivity contribution in [1.29, 1.82) is 0 Å². The molecule has 0 spiro atoms. The number of hydrogen-bond acceptors (Lipinski definition) is 3. The number of ether oxygens (including phenoxy) is 1. The molecule has 2 bridgehead atoms. The Labute approximate surface area is 129 Å². The maximum Gasteiger partial charge on any atom is 0.416 e. The molecular formula is C16H12F3NO3. The number of carbonyl (C=O) groups is 2. The molecular weight excluding hydrogens is 311 g/mol. The zero-order chi connectivity index (χ0) is 16.6. The summed E-state index contributed by atoms with van der Waals surface area (Å²) in [6, 6.07) is 4.27. The van der Waals surface area contributed by atoms with Crippen molar-refractivity contribution in [3.05, 3.63) is 42.0 Å². The zero-order valence-electron chi connectivity index (χ0n) is 12.0. The van der Waals surface area contributed by atoms with Crippen LogP contribution in [0.1, 0.15) is 12.5 Å². The molecule has 2 amide bonds. The van der Waals surface area contributed by atoms with Crippen molar-refractivity contribution in [2.24, 2.45) is 11.8 Å². The van der Waals surface area contributed by atoms with Gasteiger partial charge in [-0.05, 0) is 25.1 Å². The Morgan fingerprint density at radius 3 is 2.61 bits per heavy atom. The van der Waals surface area contributed by atoms with E-state index in [9.17, 15) is 22.8 Å². The molecule has 2 saturated heterocycles. The summed E-state index contributed by atoms with van der Waals surface area (Å²) in [5, 5.41) is 0. The Morgan fingerprint density at radius 1 is 1.22 bits per heavy atom. The van der Waals surface area contributed by atoms with Gasteiger partial charge in [-0.15, -0.1) is 0 Å². The Hall–Kier alpha value is -2.15. The summed E-state index contributed by atoms with van der Waals surface area (Å²) in [7, 11) is 0. The molecule has 120 valence electrons. The lowest BCUT2D eigenvalue weighted by Gasteiger charge is -2.24. The van der Waals surface area contributed by atoms with Gasteiger partial charge in [0.25, 0.3) is 0 Å². The van der Waals surface area contributed by atoms with Crippen LogP contribution in [0.4, 0.5) is 18.9 Å². The average Bonchev–Trinajstić information content (AvgIpc) is 3.07. The van der Waals surface area contributed by atoms with Gasteiger partial charge in [-0.2, -0.15) is 13.2 Å². The van der Waals surface area contributed by atoms with Gasteiger partial charge in [0.05, 0.1) is 34.8 Å². The van der Waals surface area contributed by atoms with Crippen LogP contribution in [0.5, 0.6) is 0 Å². The second kappa shape index (κ2) is 4.23. The smallest absolute Gasteiger partial charge is 0.362 e. The van der Waals surface area contributed by atoms with Gasteiger partial charge >= 0.3 is 6.18 Å². The van der Waals surface area contributed by atoms with E-state index < -0.39 is 47.1 Å². The van der Waals surface area contributed by atoms with Gasteiger partial charge in [0.15, 0.2) is 0 Å². The van der Waals surface area contributed by atoms with Crippen LogP contribution in [0.15, 0.2) is 36.4 Å². The largest absolute Gasteiger partial charge is 0.416 e. The molecule has 7 heteroatoms. The zero-order valence-corrected chi connectivity index (χ0v) is 12.0. The number of benzene rings is 1. The number of halogens is 3. The number of rotatable bonds is 1. The Morgan fingerprint density at radius 2 is 1.96 bits per heavy atom. The van der Waals surface area contributed by atoms with Crippen LogP contribution in [-0.4, -0.2) is 23.5 Å². The summed E-state index contributed by atoms with van der Waals surface area (Å²) in [5.74, 6) is -2.35. The van der Waals surface area contributed by atoms with Crippen molar-refractivity contribution in [2.45, 2.75) is 24.8 Å². The highest BCUT2D eigenvalue weighted by Crippen LogP contribution is 2.52. The summed E-state index contributed by atoms with van der Waals surface area (Å²) >= 11 is 0. The lowest BCUT2D eigenvalue weighted by molar-refractivity contribution is -0.137. The van der Waals surface area contributed by atoms with Crippen LogP contribution in [-0.2, 0) is 20.5 Å². The Kier molecular flexibility index (Phi) is 2.65. The molecule has 4 nitrogen and oxygen atoms in total. The van der Waals surface area contributed by atoms with Crippen LogP contribution in [0.2, 0.25) is 0 Å². The molecule has 0 N–H and O–H groups in total. The predicted molar refractivity (Wildman–Crippen MR) is 73.3 cm³/mol. The van der Waals surface area contributed by atoms with Crippen LogP contribution in [0.25, 0.3) is 0 Å². The van der Waals surface area contributed by atoms with Crippen molar-refractivity contribution < 1.29 is 27.5 Å². The summed E-state index contributed by atoms with van der Waals surface area (Å²) in [5.41, 5.74) is -1.80. The van der Waals surface area contributed by atoms with Crippen molar-refractivity contribution in [1.82, 2.24) is 0 Å². The number of nitrogens with zero attached hydrogens (tertiary/aromatic N) is 1. The summed E-state index contributed by atoms with van der Waals surface area (Å²) < 4.78 is 44.2. The van der Waals surface area contributed by atoms with Gasteiger partial charge in [0, 0.05) is 0 Å². The van der Waals surface area contributed by atoms with Crippen LogP contribution >= 0.6 is 0 Å². The van der Waals surface area contributed by atoms with Gasteiger partial charge in [-0.1, -0.05) is 18.2 Å². The molecule has 3 aliphatic heterocycles. The Balaban J connectivity index is 1.75. The van der Waals surface area contributed by atoms with Gasteiger partial charge < -0.3 is 4.74 Å². The lowest BCUT2D eigenvalue weighted by Crippen LogP contribution is -2.38. The maximum atomic E-state index is 12.9. The fraction of sp³-hybridized carbons (Fsp3) is 0.375. The van der Waals surface area contributed by atoms with Gasteiger partial charge in [0.2, 0.25) is 11.8 Å². The first-order chi connectivity index (χ1) is 10.7. The maximum absolute atomic E-state index is 12.9. The Bertz CT molecular complexity index is 757. The fourth-order valence-electron chi connectivity index (χ4n) is 3.73. The third kappa shape index (κ3) is 1.83. The molecule has 0 unspecified atom stereocenters. The number of carbonyl (C=O) groups excluding carboxylic acids is 2. The molecule has 0 radical (unpaired) electrons. The summed E-state index contributed by atoms with van der Waals surface area (Å²) in [6.45, 7) is 1.72. The van der Waals surface area contributed by atoms with Crippen molar-refractivity contribution >= 4 is 17.5 Å². The molecule has 0 saturated carbocycles. The lowest BCUT2D eigenvalue weighted by atomic mass is 9.78. The first-order valence-electron chi connectivity index (χ1n) is 7.15. The molecule has 23 heavy (non-hydrogen) atoms. The van der Waals surface area contributed by atoms with Crippen molar-refractivity contribution in [3.8, 4) is 0 Å². The molecule has 2 fully saturated rings. The number of imide groups is 1. The minimum Gasteiger partial charge on any atom is -0.362 e. The minimum absolute atomic E-state index is 0.0489. The van der Waals surface area contributed by atoms with Gasteiger partial charge in [-0.3, -0.25) is 9.59 Å². The summed E-state index contributed by atoms with van der Waals surface area (Å²) in [6.07, 6.45) is -1.54. The summed E-state index contributed by atoms with van der Waals surface area (Å²) in [4.78, 5) is 26.1.